The molecule has 0 aliphatic heterocycles. The third kappa shape index (κ3) is 3.16. The van der Waals surface area contributed by atoms with Crippen LogP contribution in [0, 0.1) is 5.82 Å². The summed E-state index contributed by atoms with van der Waals surface area (Å²) in [4.78, 5) is 3.22. The Hall–Kier alpha value is -3.90. The molecule has 0 saturated heterocycles. The van der Waals surface area contributed by atoms with Gasteiger partial charge in [-0.25, -0.2) is 4.39 Å². The van der Waals surface area contributed by atoms with E-state index < -0.39 is 0 Å². The summed E-state index contributed by atoms with van der Waals surface area (Å²) in [5.74, 6) is 0.513. The van der Waals surface area contributed by atoms with Crippen LogP contribution in [0.4, 0.5) is 4.39 Å². The summed E-state index contributed by atoms with van der Waals surface area (Å²) >= 11 is 6.01. The van der Waals surface area contributed by atoms with Gasteiger partial charge in [0.15, 0.2) is 0 Å². The first-order valence-corrected chi connectivity index (χ1v) is 10.5. The second kappa shape index (κ2) is 7.35. The fraction of sp³-hybridized carbons (Fsp3) is 0.0400. The lowest BCUT2D eigenvalue weighted by Crippen LogP contribution is -1.97. The predicted molar refractivity (Wildman–Crippen MR) is 123 cm³/mol. The van der Waals surface area contributed by atoms with E-state index in [1.165, 1.54) is 12.1 Å². The molecule has 3 aromatic carbocycles. The highest BCUT2D eigenvalue weighted by Crippen LogP contribution is 2.34. The highest BCUT2D eigenvalue weighted by molar-refractivity contribution is 6.30. The first-order chi connectivity index (χ1) is 15.7. The van der Waals surface area contributed by atoms with Gasteiger partial charge in [-0.15, -0.1) is 10.2 Å². The monoisotopic (exact) mass is 442 g/mol. The molecule has 6 aromatic rings. The Balaban J connectivity index is 1.45. The fourth-order valence-corrected chi connectivity index (χ4v) is 4.17. The number of aromatic nitrogens is 4. The van der Waals surface area contributed by atoms with E-state index in [4.69, 9.17) is 16.0 Å². The van der Waals surface area contributed by atoms with Crippen LogP contribution in [-0.2, 0) is 6.54 Å². The lowest BCUT2D eigenvalue weighted by atomic mass is 10.1. The summed E-state index contributed by atoms with van der Waals surface area (Å²) in [6, 6.07) is 20.2. The van der Waals surface area contributed by atoms with Crippen molar-refractivity contribution in [3.05, 3.63) is 95.5 Å². The van der Waals surface area contributed by atoms with E-state index in [0.717, 1.165) is 38.5 Å². The Morgan fingerprint density at radius 1 is 0.906 bits per heavy atom. The Kier molecular flexibility index (Phi) is 4.33. The van der Waals surface area contributed by atoms with Crippen LogP contribution in [0.15, 0.2) is 83.5 Å². The molecule has 0 unspecified atom stereocenters. The Morgan fingerprint density at radius 3 is 2.53 bits per heavy atom. The molecule has 3 aromatic heterocycles. The first-order valence-electron chi connectivity index (χ1n) is 10.1. The van der Waals surface area contributed by atoms with Gasteiger partial charge in [0.25, 0.3) is 0 Å². The van der Waals surface area contributed by atoms with Crippen molar-refractivity contribution in [3.8, 4) is 22.9 Å². The van der Waals surface area contributed by atoms with Crippen molar-refractivity contribution in [3.63, 3.8) is 0 Å². The van der Waals surface area contributed by atoms with Crippen molar-refractivity contribution < 1.29 is 8.81 Å². The number of hydrogen-bond acceptors (Lipinski definition) is 3. The Labute approximate surface area is 187 Å². The molecule has 0 amide bonds. The topological polar surface area (TPSA) is 59.6 Å². The maximum atomic E-state index is 14.1. The molecule has 5 nitrogen and oxygen atoms in total. The minimum Gasteiger partial charge on any atom is -0.416 e. The molecule has 6 rings (SSSR count). The van der Waals surface area contributed by atoms with Crippen molar-refractivity contribution in [1.29, 1.82) is 0 Å². The van der Waals surface area contributed by atoms with E-state index >= 15 is 0 Å². The van der Waals surface area contributed by atoms with Gasteiger partial charge in [0.1, 0.15) is 5.82 Å². The van der Waals surface area contributed by atoms with Gasteiger partial charge < -0.3 is 14.0 Å². The summed E-state index contributed by atoms with van der Waals surface area (Å²) < 4.78 is 22.1. The number of hydrogen-bond donors (Lipinski definition) is 1. The number of para-hydroxylation sites is 1. The molecule has 0 fully saturated rings. The zero-order valence-electron chi connectivity index (χ0n) is 16.7. The predicted octanol–water partition coefficient (Wildman–Crippen LogP) is 6.68. The van der Waals surface area contributed by atoms with Crippen LogP contribution >= 0.6 is 11.6 Å². The van der Waals surface area contributed by atoms with Crippen molar-refractivity contribution in [2.75, 3.05) is 0 Å². The van der Waals surface area contributed by atoms with Crippen LogP contribution in [0.3, 0.4) is 0 Å². The molecule has 3 heterocycles. The maximum Gasteiger partial charge on any atom is 0.250 e. The van der Waals surface area contributed by atoms with Crippen molar-refractivity contribution >= 4 is 33.4 Å². The summed E-state index contributed by atoms with van der Waals surface area (Å²) in [6.07, 6.45) is 3.78. The number of aromatic amines is 1. The number of rotatable bonds is 4. The lowest BCUT2D eigenvalue weighted by molar-refractivity contribution is 0.585. The van der Waals surface area contributed by atoms with Crippen LogP contribution in [0.25, 0.3) is 44.7 Å². The number of nitrogens with one attached hydrogen (secondary N) is 1. The van der Waals surface area contributed by atoms with Crippen LogP contribution in [0.1, 0.15) is 5.56 Å². The molecule has 0 radical (unpaired) electrons. The smallest absolute Gasteiger partial charge is 0.250 e. The second-order valence-corrected chi connectivity index (χ2v) is 8.06. The number of halogens is 2. The van der Waals surface area contributed by atoms with Gasteiger partial charge in [-0.1, -0.05) is 41.9 Å². The fourth-order valence-electron chi connectivity index (χ4n) is 4.04. The van der Waals surface area contributed by atoms with E-state index in [1.807, 2.05) is 65.5 Å². The summed E-state index contributed by atoms with van der Waals surface area (Å²) in [6.45, 7) is 0.556. The van der Waals surface area contributed by atoms with Crippen molar-refractivity contribution in [1.82, 2.24) is 19.7 Å². The average Bonchev–Trinajstić information content (AvgIpc) is 3.52. The molecule has 0 spiro atoms. The molecule has 156 valence electrons. The van der Waals surface area contributed by atoms with E-state index in [0.29, 0.717) is 23.3 Å². The molecule has 0 bridgehead atoms. The van der Waals surface area contributed by atoms with E-state index in [2.05, 4.69) is 15.2 Å². The summed E-state index contributed by atoms with van der Waals surface area (Å²) in [7, 11) is 0. The first kappa shape index (κ1) is 18.8. The third-order valence-electron chi connectivity index (χ3n) is 5.59. The molecule has 0 aliphatic rings. The largest absolute Gasteiger partial charge is 0.416 e. The Morgan fingerprint density at radius 2 is 1.69 bits per heavy atom. The average molecular weight is 443 g/mol. The zero-order chi connectivity index (χ0) is 21.7. The molecule has 32 heavy (non-hydrogen) atoms. The SMILES string of the molecule is Fc1ccc2c(-c3nnc(-c4c[nH]c5ccccc45)o3)cn(Cc3ccc(Cl)cc3)c2c1. The summed E-state index contributed by atoms with van der Waals surface area (Å²) in [5, 5.41) is 11.1. The van der Waals surface area contributed by atoms with Gasteiger partial charge >= 0.3 is 0 Å². The number of fused-ring (bicyclic) bond motifs is 2. The molecule has 0 atom stereocenters. The Bertz CT molecular complexity index is 1580. The molecule has 7 heteroatoms. The van der Waals surface area contributed by atoms with Crippen molar-refractivity contribution in [2.45, 2.75) is 6.54 Å². The van der Waals surface area contributed by atoms with E-state index in [1.54, 1.807) is 6.07 Å². The zero-order valence-corrected chi connectivity index (χ0v) is 17.5. The third-order valence-corrected chi connectivity index (χ3v) is 5.84. The van der Waals surface area contributed by atoms with Gasteiger partial charge in [0.05, 0.1) is 16.6 Å². The highest BCUT2D eigenvalue weighted by Gasteiger charge is 2.19. The van der Waals surface area contributed by atoms with E-state index in [-0.39, 0.29) is 5.82 Å². The quantitative estimate of drug-likeness (QED) is 0.331. The molecule has 0 aliphatic carbocycles. The van der Waals surface area contributed by atoms with Gasteiger partial charge in [-0.2, -0.15) is 0 Å². The van der Waals surface area contributed by atoms with Crippen LogP contribution in [-0.4, -0.2) is 19.7 Å². The molecular formula is C25H16ClFN4O. The normalized spacial score (nSPS) is 11.6. The van der Waals surface area contributed by atoms with Crippen LogP contribution in [0.5, 0.6) is 0 Å². The number of H-pyrrole nitrogens is 1. The minimum atomic E-state index is -0.301. The number of benzene rings is 3. The molecular weight excluding hydrogens is 427 g/mol. The summed E-state index contributed by atoms with van der Waals surface area (Å²) in [5.41, 5.74) is 4.40. The second-order valence-electron chi connectivity index (χ2n) is 7.62. The van der Waals surface area contributed by atoms with Crippen LogP contribution in [0.2, 0.25) is 5.02 Å². The molecule has 0 saturated carbocycles. The molecule has 1 N–H and O–H groups in total. The van der Waals surface area contributed by atoms with Gasteiger partial charge in [-0.3, -0.25) is 0 Å². The lowest BCUT2D eigenvalue weighted by Gasteiger charge is -2.05. The van der Waals surface area contributed by atoms with E-state index in [9.17, 15) is 4.39 Å². The van der Waals surface area contributed by atoms with Gasteiger partial charge in [-0.05, 0) is 42.0 Å². The van der Waals surface area contributed by atoms with Gasteiger partial charge in [0, 0.05) is 40.3 Å². The number of nitrogens with zero attached hydrogens (tertiary/aromatic N) is 3. The minimum absolute atomic E-state index is 0.301. The van der Waals surface area contributed by atoms with Crippen molar-refractivity contribution in [2.24, 2.45) is 0 Å². The highest BCUT2D eigenvalue weighted by atomic mass is 35.5. The standard InChI is InChI=1S/C25H16ClFN4O/c26-16-7-5-15(6-8-16)13-31-14-21(19-10-9-17(27)11-23(19)31)25-30-29-24(32-25)20-12-28-22-4-2-1-3-18(20)22/h1-12,14,28H,13H2. The van der Waals surface area contributed by atoms with Crippen LogP contribution < -0.4 is 0 Å². The maximum absolute atomic E-state index is 14.1. The van der Waals surface area contributed by atoms with Gasteiger partial charge in [0.2, 0.25) is 11.8 Å².